The van der Waals surface area contributed by atoms with Crippen molar-refractivity contribution in [3.63, 3.8) is 0 Å². The molecule has 2 aromatic heterocycles. The van der Waals surface area contributed by atoms with Gasteiger partial charge in [-0.2, -0.15) is 0 Å². The first-order valence-corrected chi connectivity index (χ1v) is 7.33. The normalized spacial score (nSPS) is 13.3. The summed E-state index contributed by atoms with van der Waals surface area (Å²) in [4.78, 5) is 9.94. The van der Waals surface area contributed by atoms with Crippen LogP contribution in [0.1, 0.15) is 26.8 Å². The van der Waals surface area contributed by atoms with Crippen molar-refractivity contribution in [2.45, 2.75) is 26.8 Å². The maximum atomic E-state index is 5.96. The lowest BCUT2D eigenvalue weighted by atomic mass is 10.3. The van der Waals surface area contributed by atoms with Crippen LogP contribution in [0.5, 0.6) is 0 Å². The SMILES string of the molecule is CCN(CC)CC(C)n1c(=S)[nH]c2cc(Cl)cnc21. The number of hydrogen-bond acceptors (Lipinski definition) is 3. The van der Waals surface area contributed by atoms with E-state index in [0.29, 0.717) is 9.79 Å². The van der Waals surface area contributed by atoms with Crippen LogP contribution < -0.4 is 0 Å². The van der Waals surface area contributed by atoms with Gasteiger partial charge in [0.2, 0.25) is 0 Å². The Hall–Kier alpha value is -0.910. The van der Waals surface area contributed by atoms with Crippen molar-refractivity contribution in [3.8, 4) is 0 Å². The van der Waals surface area contributed by atoms with Crippen LogP contribution in [-0.4, -0.2) is 39.1 Å². The summed E-state index contributed by atoms with van der Waals surface area (Å²) in [5, 5.41) is 0.618. The number of nitrogens with zero attached hydrogens (tertiary/aromatic N) is 3. The van der Waals surface area contributed by atoms with Crippen molar-refractivity contribution in [1.82, 2.24) is 19.4 Å². The molecule has 4 nitrogen and oxygen atoms in total. The average Bonchev–Trinajstić information content (AvgIpc) is 2.70. The summed E-state index contributed by atoms with van der Waals surface area (Å²) in [6.45, 7) is 9.54. The van der Waals surface area contributed by atoms with Gasteiger partial charge in [-0.25, -0.2) is 4.98 Å². The molecule has 0 aliphatic carbocycles. The number of aromatic nitrogens is 3. The number of nitrogens with one attached hydrogen (secondary N) is 1. The number of hydrogen-bond donors (Lipinski definition) is 1. The van der Waals surface area contributed by atoms with E-state index in [-0.39, 0.29) is 6.04 Å². The second kappa shape index (κ2) is 6.03. The van der Waals surface area contributed by atoms with Crippen LogP contribution in [0.2, 0.25) is 5.02 Å². The zero-order valence-electron chi connectivity index (χ0n) is 11.5. The molecule has 1 N–H and O–H groups in total. The molecule has 0 fully saturated rings. The summed E-state index contributed by atoms with van der Waals surface area (Å²) in [5.74, 6) is 0. The first-order valence-electron chi connectivity index (χ1n) is 6.54. The summed E-state index contributed by atoms with van der Waals surface area (Å²) in [7, 11) is 0. The first-order chi connectivity index (χ1) is 9.06. The van der Waals surface area contributed by atoms with Crippen molar-refractivity contribution in [2.75, 3.05) is 19.6 Å². The fourth-order valence-electron chi connectivity index (χ4n) is 2.33. The van der Waals surface area contributed by atoms with Crippen LogP contribution in [0.15, 0.2) is 12.3 Å². The Bertz CT molecular complexity index is 615. The predicted octanol–water partition coefficient (Wildman–Crippen LogP) is 3.65. The lowest BCUT2D eigenvalue weighted by Crippen LogP contribution is -2.29. The Kier molecular flexibility index (Phi) is 4.60. The van der Waals surface area contributed by atoms with Crippen LogP contribution in [0, 0.1) is 4.77 Å². The van der Waals surface area contributed by atoms with E-state index in [1.54, 1.807) is 6.20 Å². The standard InChI is InChI=1S/C13H19ClN4S/c1-4-17(5-2)8-9(3)18-12-11(16-13(18)19)6-10(14)7-15-12/h6-7,9H,4-5,8H2,1-3H3,(H,16,19). The predicted molar refractivity (Wildman–Crippen MR) is 82.4 cm³/mol. The number of pyridine rings is 1. The topological polar surface area (TPSA) is 36.9 Å². The van der Waals surface area contributed by atoms with Gasteiger partial charge in [-0.05, 0) is 38.3 Å². The molecule has 6 heteroatoms. The second-order valence-corrected chi connectivity index (χ2v) is 5.48. The van der Waals surface area contributed by atoms with Gasteiger partial charge in [-0.1, -0.05) is 25.4 Å². The molecule has 104 valence electrons. The number of aromatic amines is 1. The fraction of sp³-hybridized carbons (Fsp3) is 0.538. The molecule has 2 aromatic rings. The number of halogens is 1. The minimum Gasteiger partial charge on any atom is -0.329 e. The summed E-state index contributed by atoms with van der Waals surface area (Å²) >= 11 is 11.4. The molecule has 19 heavy (non-hydrogen) atoms. The summed E-state index contributed by atoms with van der Waals surface area (Å²) in [6, 6.07) is 2.13. The molecule has 0 aromatic carbocycles. The van der Waals surface area contributed by atoms with Gasteiger partial charge >= 0.3 is 0 Å². The van der Waals surface area contributed by atoms with Gasteiger partial charge in [0, 0.05) is 18.8 Å². The van der Waals surface area contributed by atoms with E-state index in [1.165, 1.54) is 0 Å². The molecule has 1 unspecified atom stereocenters. The third-order valence-corrected chi connectivity index (χ3v) is 3.88. The largest absolute Gasteiger partial charge is 0.329 e. The third kappa shape index (κ3) is 2.99. The number of fused-ring (bicyclic) bond motifs is 1. The highest BCUT2D eigenvalue weighted by atomic mass is 35.5. The van der Waals surface area contributed by atoms with Crippen LogP contribution in [-0.2, 0) is 0 Å². The Morgan fingerprint density at radius 3 is 2.79 bits per heavy atom. The van der Waals surface area contributed by atoms with E-state index < -0.39 is 0 Å². The lowest BCUT2D eigenvalue weighted by Gasteiger charge is -2.23. The van der Waals surface area contributed by atoms with E-state index >= 15 is 0 Å². The molecule has 0 aliphatic rings. The fourth-order valence-corrected chi connectivity index (χ4v) is 2.87. The molecule has 0 saturated heterocycles. The Labute approximate surface area is 123 Å². The molecule has 0 aliphatic heterocycles. The molecule has 2 rings (SSSR count). The number of rotatable bonds is 5. The highest BCUT2D eigenvalue weighted by Crippen LogP contribution is 2.20. The summed E-state index contributed by atoms with van der Waals surface area (Å²) < 4.78 is 2.77. The van der Waals surface area contributed by atoms with Gasteiger partial charge in [-0.3, -0.25) is 4.57 Å². The Morgan fingerprint density at radius 2 is 2.16 bits per heavy atom. The minimum absolute atomic E-state index is 0.273. The van der Waals surface area contributed by atoms with Crippen molar-refractivity contribution in [2.24, 2.45) is 0 Å². The molecule has 1 atom stereocenters. The highest BCUT2D eigenvalue weighted by Gasteiger charge is 2.14. The zero-order chi connectivity index (χ0) is 14.0. The van der Waals surface area contributed by atoms with E-state index in [2.05, 4.69) is 40.2 Å². The lowest BCUT2D eigenvalue weighted by molar-refractivity contribution is 0.262. The molecule has 0 spiro atoms. The Morgan fingerprint density at radius 1 is 1.47 bits per heavy atom. The maximum Gasteiger partial charge on any atom is 0.179 e. The van der Waals surface area contributed by atoms with Gasteiger partial charge in [0.05, 0.1) is 10.5 Å². The molecule has 2 heterocycles. The molecular formula is C13H19ClN4S. The molecule has 0 bridgehead atoms. The number of likely N-dealkylation sites (N-methyl/N-ethyl adjacent to an activating group) is 1. The maximum absolute atomic E-state index is 5.96. The molecule has 0 radical (unpaired) electrons. The average molecular weight is 299 g/mol. The second-order valence-electron chi connectivity index (χ2n) is 4.66. The zero-order valence-corrected chi connectivity index (χ0v) is 13.1. The smallest absolute Gasteiger partial charge is 0.179 e. The first kappa shape index (κ1) is 14.5. The van der Waals surface area contributed by atoms with Gasteiger partial charge in [-0.15, -0.1) is 0 Å². The van der Waals surface area contributed by atoms with Gasteiger partial charge < -0.3 is 9.88 Å². The van der Waals surface area contributed by atoms with Gasteiger partial charge in [0.25, 0.3) is 0 Å². The van der Waals surface area contributed by atoms with E-state index in [4.69, 9.17) is 23.8 Å². The van der Waals surface area contributed by atoms with Crippen LogP contribution in [0.25, 0.3) is 11.2 Å². The summed E-state index contributed by atoms with van der Waals surface area (Å²) in [6.07, 6.45) is 1.66. The quantitative estimate of drug-likeness (QED) is 0.856. The van der Waals surface area contributed by atoms with Crippen molar-refractivity contribution < 1.29 is 0 Å². The number of imidazole rings is 1. The monoisotopic (exact) mass is 298 g/mol. The Balaban J connectivity index is 2.39. The molecule has 0 amide bonds. The van der Waals surface area contributed by atoms with E-state index in [9.17, 15) is 0 Å². The van der Waals surface area contributed by atoms with Crippen LogP contribution in [0.4, 0.5) is 0 Å². The van der Waals surface area contributed by atoms with Crippen molar-refractivity contribution in [1.29, 1.82) is 0 Å². The van der Waals surface area contributed by atoms with Crippen LogP contribution in [0.3, 0.4) is 0 Å². The molecular weight excluding hydrogens is 280 g/mol. The summed E-state index contributed by atoms with van der Waals surface area (Å²) in [5.41, 5.74) is 1.76. The minimum atomic E-state index is 0.273. The number of H-pyrrole nitrogens is 1. The highest BCUT2D eigenvalue weighted by molar-refractivity contribution is 7.71. The van der Waals surface area contributed by atoms with Crippen LogP contribution >= 0.6 is 23.8 Å². The van der Waals surface area contributed by atoms with E-state index in [1.807, 2.05) is 6.07 Å². The van der Waals surface area contributed by atoms with Gasteiger partial charge in [0.1, 0.15) is 0 Å². The third-order valence-electron chi connectivity index (χ3n) is 3.38. The van der Waals surface area contributed by atoms with E-state index in [0.717, 1.165) is 30.8 Å². The van der Waals surface area contributed by atoms with Crippen molar-refractivity contribution in [3.05, 3.63) is 22.1 Å². The van der Waals surface area contributed by atoms with Gasteiger partial charge in [0.15, 0.2) is 10.4 Å². The molecule has 0 saturated carbocycles. The van der Waals surface area contributed by atoms with Crippen molar-refractivity contribution >= 4 is 35.0 Å².